The fourth-order valence-electron chi connectivity index (χ4n) is 1.04. The Bertz CT molecular complexity index is 485. The number of methoxy groups -OCH3 is 1. The van der Waals surface area contributed by atoms with Crippen LogP contribution in [0.2, 0.25) is 5.02 Å². The Labute approximate surface area is 117 Å². The number of nitrogens with two attached hydrogens (primary N) is 3. The molecular weight excluding hydrogens is 356 g/mol. The van der Waals surface area contributed by atoms with Crippen molar-refractivity contribution in [3.05, 3.63) is 20.7 Å². The number of aliphatic imine (C=N–C) groups is 2. The summed E-state index contributed by atoms with van der Waals surface area (Å²) in [4.78, 5) is 7.66. The first kappa shape index (κ1) is 13.8. The molecule has 0 aliphatic heterocycles. The SMILES string of the molecule is COc1cc(N=C(N)N=C(N)N)c(I)cc1Cl. The highest BCUT2D eigenvalue weighted by molar-refractivity contribution is 14.1. The predicted molar refractivity (Wildman–Crippen MR) is 77.8 cm³/mol. The first-order valence-electron chi connectivity index (χ1n) is 4.41. The van der Waals surface area contributed by atoms with Crippen molar-refractivity contribution in [3.63, 3.8) is 0 Å². The summed E-state index contributed by atoms with van der Waals surface area (Å²) in [6.07, 6.45) is 0. The Kier molecular flexibility index (Phi) is 4.82. The van der Waals surface area contributed by atoms with Gasteiger partial charge in [0, 0.05) is 9.64 Å². The van der Waals surface area contributed by atoms with Crippen LogP contribution in [0.25, 0.3) is 0 Å². The van der Waals surface area contributed by atoms with Gasteiger partial charge in [0.05, 0.1) is 17.8 Å². The summed E-state index contributed by atoms with van der Waals surface area (Å²) in [6, 6.07) is 3.36. The summed E-state index contributed by atoms with van der Waals surface area (Å²) in [5.41, 5.74) is 16.5. The van der Waals surface area contributed by atoms with Crippen molar-refractivity contribution in [2.75, 3.05) is 7.11 Å². The minimum atomic E-state index is -0.151. The van der Waals surface area contributed by atoms with E-state index in [-0.39, 0.29) is 11.9 Å². The molecule has 8 heteroatoms. The average Bonchev–Trinajstić information content (AvgIpc) is 2.20. The average molecular weight is 368 g/mol. The zero-order valence-electron chi connectivity index (χ0n) is 8.95. The first-order chi connectivity index (χ1) is 7.93. The topological polar surface area (TPSA) is 112 Å². The van der Waals surface area contributed by atoms with Crippen LogP contribution in [0, 0.1) is 3.57 Å². The Morgan fingerprint density at radius 3 is 2.53 bits per heavy atom. The highest BCUT2D eigenvalue weighted by Gasteiger charge is 2.07. The molecule has 0 aliphatic rings. The van der Waals surface area contributed by atoms with Gasteiger partial charge in [-0.1, -0.05) is 11.6 Å². The van der Waals surface area contributed by atoms with Gasteiger partial charge in [-0.2, -0.15) is 4.99 Å². The van der Waals surface area contributed by atoms with Crippen LogP contribution in [-0.4, -0.2) is 19.0 Å². The molecule has 0 spiro atoms. The number of ether oxygens (including phenoxy) is 1. The van der Waals surface area contributed by atoms with Gasteiger partial charge in [0.15, 0.2) is 5.96 Å². The summed E-state index contributed by atoms with van der Waals surface area (Å²) < 4.78 is 5.88. The molecule has 0 fully saturated rings. The maximum atomic E-state index is 5.95. The monoisotopic (exact) mass is 367 g/mol. The molecule has 0 amide bonds. The predicted octanol–water partition coefficient (Wildman–Crippen LogP) is 1.17. The molecule has 6 nitrogen and oxygen atoms in total. The Balaban J connectivity index is 3.19. The molecule has 0 heterocycles. The van der Waals surface area contributed by atoms with Crippen LogP contribution in [0.1, 0.15) is 0 Å². The number of rotatable bonds is 2. The third kappa shape index (κ3) is 3.93. The molecule has 0 bridgehead atoms. The van der Waals surface area contributed by atoms with E-state index in [1.54, 1.807) is 12.1 Å². The van der Waals surface area contributed by atoms with E-state index in [2.05, 4.69) is 32.6 Å². The summed E-state index contributed by atoms with van der Waals surface area (Å²) in [5.74, 6) is 0.317. The zero-order valence-corrected chi connectivity index (χ0v) is 11.9. The van der Waals surface area contributed by atoms with E-state index in [1.165, 1.54) is 7.11 Å². The molecule has 1 rings (SSSR count). The van der Waals surface area contributed by atoms with E-state index < -0.39 is 0 Å². The molecule has 1 aromatic carbocycles. The van der Waals surface area contributed by atoms with E-state index in [0.29, 0.717) is 16.5 Å². The summed E-state index contributed by atoms with van der Waals surface area (Å²) >= 11 is 8.02. The molecular formula is C9H11ClIN5O. The lowest BCUT2D eigenvalue weighted by Crippen LogP contribution is -2.26. The second-order valence-corrected chi connectivity index (χ2v) is 4.51. The third-order valence-electron chi connectivity index (χ3n) is 1.70. The highest BCUT2D eigenvalue weighted by Crippen LogP contribution is 2.33. The summed E-state index contributed by atoms with van der Waals surface area (Å²) in [6.45, 7) is 0. The van der Waals surface area contributed by atoms with Crippen molar-refractivity contribution >= 4 is 51.8 Å². The summed E-state index contributed by atoms with van der Waals surface area (Å²) in [7, 11) is 1.51. The molecule has 17 heavy (non-hydrogen) atoms. The van der Waals surface area contributed by atoms with Crippen LogP contribution in [-0.2, 0) is 0 Å². The quantitative estimate of drug-likeness (QED) is 0.414. The number of hydrogen-bond donors (Lipinski definition) is 3. The van der Waals surface area contributed by atoms with Crippen molar-refractivity contribution in [2.24, 2.45) is 27.2 Å². The third-order valence-corrected chi connectivity index (χ3v) is 2.86. The molecule has 0 unspecified atom stereocenters. The first-order valence-corrected chi connectivity index (χ1v) is 5.86. The molecule has 0 saturated heterocycles. The van der Waals surface area contributed by atoms with Gasteiger partial charge in [-0.05, 0) is 28.7 Å². The maximum absolute atomic E-state index is 5.95. The fourth-order valence-corrected chi connectivity index (χ4v) is 2.05. The maximum Gasteiger partial charge on any atom is 0.223 e. The molecule has 0 radical (unpaired) electrons. The minimum Gasteiger partial charge on any atom is -0.495 e. The fraction of sp³-hybridized carbons (Fsp3) is 0.111. The van der Waals surface area contributed by atoms with Crippen LogP contribution in [0.5, 0.6) is 5.75 Å². The van der Waals surface area contributed by atoms with Gasteiger partial charge in [0.2, 0.25) is 5.96 Å². The Hall–Kier alpha value is -1.22. The molecule has 6 N–H and O–H groups in total. The van der Waals surface area contributed by atoms with Crippen molar-refractivity contribution in [1.29, 1.82) is 0 Å². The van der Waals surface area contributed by atoms with Crippen LogP contribution >= 0.6 is 34.2 Å². The van der Waals surface area contributed by atoms with Gasteiger partial charge in [0.25, 0.3) is 0 Å². The van der Waals surface area contributed by atoms with Gasteiger partial charge < -0.3 is 21.9 Å². The van der Waals surface area contributed by atoms with Crippen molar-refractivity contribution in [2.45, 2.75) is 0 Å². The minimum absolute atomic E-state index is 0.0349. The van der Waals surface area contributed by atoms with Crippen molar-refractivity contribution < 1.29 is 4.74 Å². The highest BCUT2D eigenvalue weighted by atomic mass is 127. The molecule has 92 valence electrons. The van der Waals surface area contributed by atoms with Crippen molar-refractivity contribution in [1.82, 2.24) is 0 Å². The molecule has 0 saturated carbocycles. The van der Waals surface area contributed by atoms with Crippen LogP contribution in [0.15, 0.2) is 22.1 Å². The Morgan fingerprint density at radius 2 is 2.00 bits per heavy atom. The molecule has 1 aromatic rings. The lowest BCUT2D eigenvalue weighted by atomic mass is 10.3. The molecule has 0 aromatic heterocycles. The van der Waals surface area contributed by atoms with E-state index in [1.807, 2.05) is 0 Å². The van der Waals surface area contributed by atoms with Gasteiger partial charge in [-0.15, -0.1) is 0 Å². The zero-order chi connectivity index (χ0) is 13.0. The number of hydrogen-bond acceptors (Lipinski definition) is 2. The lowest BCUT2D eigenvalue weighted by molar-refractivity contribution is 0.415. The second kappa shape index (κ2) is 5.92. The molecule has 0 aliphatic carbocycles. The Morgan fingerprint density at radius 1 is 1.35 bits per heavy atom. The van der Waals surface area contributed by atoms with Crippen LogP contribution < -0.4 is 21.9 Å². The van der Waals surface area contributed by atoms with Crippen LogP contribution in [0.4, 0.5) is 5.69 Å². The number of guanidine groups is 2. The van der Waals surface area contributed by atoms with E-state index in [0.717, 1.165) is 3.57 Å². The number of nitrogens with zero attached hydrogens (tertiary/aromatic N) is 2. The van der Waals surface area contributed by atoms with Gasteiger partial charge in [-0.3, -0.25) is 0 Å². The van der Waals surface area contributed by atoms with E-state index in [9.17, 15) is 0 Å². The van der Waals surface area contributed by atoms with Crippen molar-refractivity contribution in [3.8, 4) is 5.75 Å². The number of benzene rings is 1. The van der Waals surface area contributed by atoms with Gasteiger partial charge >= 0.3 is 0 Å². The van der Waals surface area contributed by atoms with Gasteiger partial charge in [-0.25, -0.2) is 4.99 Å². The summed E-state index contributed by atoms with van der Waals surface area (Å²) in [5, 5.41) is 0.497. The van der Waals surface area contributed by atoms with E-state index >= 15 is 0 Å². The number of halogens is 2. The lowest BCUT2D eigenvalue weighted by Gasteiger charge is -2.06. The normalized spacial score (nSPS) is 11.1. The smallest absolute Gasteiger partial charge is 0.223 e. The van der Waals surface area contributed by atoms with Crippen LogP contribution in [0.3, 0.4) is 0 Å². The largest absolute Gasteiger partial charge is 0.495 e. The molecule has 0 atom stereocenters. The van der Waals surface area contributed by atoms with E-state index in [4.69, 9.17) is 33.5 Å². The van der Waals surface area contributed by atoms with Gasteiger partial charge in [0.1, 0.15) is 5.75 Å². The standard InChI is InChI=1S/C9H11ClIN5O/c1-17-7-3-6(5(11)2-4(7)10)15-9(14)16-8(12)13/h2-3H,1H3,(H6,12,13,14,15,16). The second-order valence-electron chi connectivity index (χ2n) is 2.94.